The van der Waals surface area contributed by atoms with E-state index >= 15 is 0 Å². The molecular formula is C24H20N2O4. The van der Waals surface area contributed by atoms with Gasteiger partial charge in [-0.25, -0.2) is 4.98 Å². The number of benzene rings is 3. The lowest BCUT2D eigenvalue weighted by Crippen LogP contribution is -2.05. The number of nitrogens with one attached hydrogen (secondary N) is 1. The van der Waals surface area contributed by atoms with Crippen molar-refractivity contribution in [3.8, 4) is 45.3 Å². The fraction of sp³-hybridized carbons (Fsp3) is 0.0833. The maximum Gasteiger partial charge on any atom is 0.229 e. The van der Waals surface area contributed by atoms with Crippen LogP contribution in [0.2, 0.25) is 0 Å². The summed E-state index contributed by atoms with van der Waals surface area (Å²) in [6, 6.07) is 22.0. The quantitative estimate of drug-likeness (QED) is 0.472. The van der Waals surface area contributed by atoms with Gasteiger partial charge in [-0.1, -0.05) is 42.5 Å². The number of methoxy groups -OCH3 is 1. The average Bonchev–Trinajstić information content (AvgIpc) is 3.16. The van der Waals surface area contributed by atoms with Gasteiger partial charge in [-0.2, -0.15) is 0 Å². The molecule has 0 saturated carbocycles. The summed E-state index contributed by atoms with van der Waals surface area (Å²) in [7, 11) is 1.59. The number of hydrogen-bond acceptors (Lipinski definition) is 5. The molecule has 0 fully saturated rings. The first-order valence-corrected chi connectivity index (χ1v) is 9.37. The molecule has 1 heterocycles. The minimum atomic E-state index is -0.261. The van der Waals surface area contributed by atoms with Crippen LogP contribution in [0.1, 0.15) is 6.92 Å². The summed E-state index contributed by atoms with van der Waals surface area (Å²) in [6.07, 6.45) is 0. The predicted molar refractivity (Wildman–Crippen MR) is 115 cm³/mol. The van der Waals surface area contributed by atoms with Crippen molar-refractivity contribution in [2.24, 2.45) is 0 Å². The minimum Gasteiger partial charge on any atom is -0.508 e. The highest BCUT2D eigenvalue weighted by atomic mass is 16.5. The van der Waals surface area contributed by atoms with E-state index in [1.165, 1.54) is 6.92 Å². The molecule has 0 saturated heterocycles. The van der Waals surface area contributed by atoms with Crippen molar-refractivity contribution in [2.75, 3.05) is 12.4 Å². The molecule has 6 heteroatoms. The molecule has 0 unspecified atom stereocenters. The number of ether oxygens (including phenoxy) is 1. The third-order valence-corrected chi connectivity index (χ3v) is 4.57. The largest absolute Gasteiger partial charge is 0.508 e. The van der Waals surface area contributed by atoms with Crippen molar-refractivity contribution in [1.29, 1.82) is 0 Å². The number of carbonyl (C=O) groups excluding carboxylic acids is 1. The van der Waals surface area contributed by atoms with Gasteiger partial charge in [-0.15, -0.1) is 0 Å². The monoisotopic (exact) mass is 400 g/mol. The topological polar surface area (TPSA) is 84.6 Å². The van der Waals surface area contributed by atoms with Crippen molar-refractivity contribution in [3.05, 3.63) is 72.8 Å². The summed E-state index contributed by atoms with van der Waals surface area (Å²) in [5, 5.41) is 12.6. The molecule has 4 aromatic rings. The van der Waals surface area contributed by atoms with E-state index in [-0.39, 0.29) is 17.5 Å². The summed E-state index contributed by atoms with van der Waals surface area (Å²) >= 11 is 0. The van der Waals surface area contributed by atoms with E-state index in [4.69, 9.17) is 9.15 Å². The van der Waals surface area contributed by atoms with Gasteiger partial charge >= 0.3 is 0 Å². The molecule has 0 radical (unpaired) electrons. The molecule has 0 atom stereocenters. The summed E-state index contributed by atoms with van der Waals surface area (Å²) in [5.74, 6) is 1.20. The summed E-state index contributed by atoms with van der Waals surface area (Å²) < 4.78 is 11.3. The Morgan fingerprint density at radius 2 is 1.70 bits per heavy atom. The molecular weight excluding hydrogens is 380 g/mol. The van der Waals surface area contributed by atoms with Gasteiger partial charge in [0, 0.05) is 18.1 Å². The second-order valence-electron chi connectivity index (χ2n) is 6.71. The van der Waals surface area contributed by atoms with Crippen LogP contribution in [-0.4, -0.2) is 23.1 Å². The van der Waals surface area contributed by atoms with Crippen LogP contribution in [-0.2, 0) is 4.79 Å². The van der Waals surface area contributed by atoms with Crippen molar-refractivity contribution < 1.29 is 19.1 Å². The van der Waals surface area contributed by atoms with E-state index in [0.29, 0.717) is 17.3 Å². The number of anilines is 1. The molecule has 4 rings (SSSR count). The maximum atomic E-state index is 11.7. The molecule has 2 N–H and O–H groups in total. The fourth-order valence-corrected chi connectivity index (χ4v) is 3.24. The molecule has 0 aliphatic heterocycles. The van der Waals surface area contributed by atoms with Crippen LogP contribution in [0.15, 0.2) is 77.2 Å². The maximum absolute atomic E-state index is 11.7. The lowest BCUT2D eigenvalue weighted by molar-refractivity contribution is -0.114. The zero-order valence-corrected chi connectivity index (χ0v) is 16.5. The predicted octanol–water partition coefficient (Wildman–Crippen LogP) is 5.35. The van der Waals surface area contributed by atoms with Gasteiger partial charge in [-0.05, 0) is 41.5 Å². The summed E-state index contributed by atoms with van der Waals surface area (Å²) in [5.41, 5.74) is 3.67. The second-order valence-corrected chi connectivity index (χ2v) is 6.71. The van der Waals surface area contributed by atoms with Crippen molar-refractivity contribution >= 4 is 11.8 Å². The van der Waals surface area contributed by atoms with Crippen molar-refractivity contribution in [2.45, 2.75) is 6.92 Å². The van der Waals surface area contributed by atoms with E-state index in [1.54, 1.807) is 25.3 Å². The fourth-order valence-electron chi connectivity index (χ4n) is 3.24. The number of hydrogen-bond donors (Lipinski definition) is 2. The first kappa shape index (κ1) is 19.3. The van der Waals surface area contributed by atoms with Crippen LogP contribution in [0.25, 0.3) is 33.8 Å². The number of rotatable bonds is 5. The Balaban J connectivity index is 1.87. The number of phenols is 1. The van der Waals surface area contributed by atoms with Crippen molar-refractivity contribution in [3.63, 3.8) is 0 Å². The highest BCUT2D eigenvalue weighted by Crippen LogP contribution is 2.38. The number of oxazole rings is 1. The number of carbonyl (C=O) groups is 1. The lowest BCUT2D eigenvalue weighted by Gasteiger charge is -2.07. The molecule has 1 aromatic heterocycles. The van der Waals surface area contributed by atoms with E-state index in [1.807, 2.05) is 54.6 Å². The van der Waals surface area contributed by atoms with Crippen LogP contribution in [0.3, 0.4) is 0 Å². The second kappa shape index (κ2) is 8.13. The summed E-state index contributed by atoms with van der Waals surface area (Å²) in [6.45, 7) is 1.41. The highest BCUT2D eigenvalue weighted by Gasteiger charge is 2.20. The molecule has 0 aliphatic rings. The molecule has 6 nitrogen and oxygen atoms in total. The minimum absolute atomic E-state index is 0.172. The zero-order valence-electron chi connectivity index (χ0n) is 16.5. The Kier molecular flexibility index (Phi) is 5.22. The Labute approximate surface area is 173 Å². The Morgan fingerprint density at radius 3 is 2.43 bits per heavy atom. The van der Waals surface area contributed by atoms with Crippen LogP contribution in [0, 0.1) is 0 Å². The normalized spacial score (nSPS) is 10.6. The van der Waals surface area contributed by atoms with E-state index in [2.05, 4.69) is 10.3 Å². The van der Waals surface area contributed by atoms with Gasteiger partial charge in [-0.3, -0.25) is 10.1 Å². The first-order valence-electron chi connectivity index (χ1n) is 9.37. The third kappa shape index (κ3) is 3.89. The molecule has 150 valence electrons. The molecule has 0 spiro atoms. The number of amides is 1. The SMILES string of the molecule is COc1cccc(-c2nc(-c3ccccc3-c3cccc(O)c3)oc2NC(C)=O)c1. The Morgan fingerprint density at radius 1 is 0.967 bits per heavy atom. The smallest absolute Gasteiger partial charge is 0.229 e. The van der Waals surface area contributed by atoms with Gasteiger partial charge in [0.25, 0.3) is 0 Å². The molecule has 1 amide bonds. The van der Waals surface area contributed by atoms with Crippen LogP contribution < -0.4 is 10.1 Å². The Hall–Kier alpha value is -4.06. The van der Waals surface area contributed by atoms with E-state index < -0.39 is 0 Å². The van der Waals surface area contributed by atoms with Crippen molar-refractivity contribution in [1.82, 2.24) is 4.98 Å². The van der Waals surface area contributed by atoms with Gasteiger partial charge in [0.2, 0.25) is 17.7 Å². The van der Waals surface area contributed by atoms with Crippen LogP contribution in [0.4, 0.5) is 5.88 Å². The van der Waals surface area contributed by atoms with Crippen LogP contribution >= 0.6 is 0 Å². The van der Waals surface area contributed by atoms with E-state index in [9.17, 15) is 9.90 Å². The molecule has 0 bridgehead atoms. The van der Waals surface area contributed by atoms with Gasteiger partial charge in [0.15, 0.2) is 0 Å². The standard InChI is InChI=1S/C24H20N2O4/c1-15(27)25-24-22(17-8-6-10-19(14-17)29-2)26-23(30-24)21-12-4-3-11-20(21)16-7-5-9-18(28)13-16/h3-14,28H,1-2H3,(H,25,27). The number of aromatic hydroxyl groups is 1. The highest BCUT2D eigenvalue weighted by molar-refractivity contribution is 5.92. The van der Waals surface area contributed by atoms with Gasteiger partial charge in [0.05, 0.1) is 7.11 Å². The molecule has 3 aromatic carbocycles. The third-order valence-electron chi connectivity index (χ3n) is 4.57. The average molecular weight is 400 g/mol. The number of nitrogens with zero attached hydrogens (tertiary/aromatic N) is 1. The molecule has 0 aliphatic carbocycles. The zero-order chi connectivity index (χ0) is 21.1. The Bertz CT molecular complexity index is 1210. The first-order chi connectivity index (χ1) is 14.5. The number of phenolic OH excluding ortho intramolecular Hbond substituents is 1. The van der Waals surface area contributed by atoms with Crippen LogP contribution in [0.5, 0.6) is 11.5 Å². The summed E-state index contributed by atoms with van der Waals surface area (Å²) in [4.78, 5) is 16.4. The van der Waals surface area contributed by atoms with Gasteiger partial charge in [0.1, 0.15) is 17.2 Å². The van der Waals surface area contributed by atoms with Gasteiger partial charge < -0.3 is 14.3 Å². The molecule has 30 heavy (non-hydrogen) atoms. The van der Waals surface area contributed by atoms with E-state index in [0.717, 1.165) is 22.3 Å². The lowest BCUT2D eigenvalue weighted by atomic mass is 9.99. The number of aromatic nitrogens is 1.